The lowest BCUT2D eigenvalue weighted by atomic mass is 10.3. The van der Waals surface area contributed by atoms with E-state index in [1.165, 1.54) is 0 Å². The highest BCUT2D eigenvalue weighted by Crippen LogP contribution is 2.26. The van der Waals surface area contributed by atoms with Crippen LogP contribution in [0.3, 0.4) is 0 Å². The van der Waals surface area contributed by atoms with Gasteiger partial charge in [-0.25, -0.2) is 17.5 Å². The molecule has 8 heteroatoms. The van der Waals surface area contributed by atoms with Gasteiger partial charge in [0.1, 0.15) is 5.82 Å². The maximum Gasteiger partial charge on any atom is 0.241 e. The minimum atomic E-state index is -3.77. The normalized spacial score (nSPS) is 13.5. The molecule has 0 aliphatic heterocycles. The average molecular weight is 355 g/mol. The molecule has 1 aromatic carbocycles. The van der Waals surface area contributed by atoms with Crippen LogP contribution < -0.4 is 10.5 Å². The molecule has 1 atom stereocenters. The number of nitrogen functional groups attached to an aromatic ring is 1. The summed E-state index contributed by atoms with van der Waals surface area (Å²) in [4.78, 5) is -0.102. The molecule has 1 unspecified atom stereocenters. The number of anilines is 1. The molecule has 1 rings (SSSR count). The van der Waals surface area contributed by atoms with Crippen molar-refractivity contribution in [3.8, 4) is 0 Å². The molecule has 3 N–H and O–H groups in total. The highest BCUT2D eigenvalue weighted by atomic mass is 79.9. The molecule has 5 nitrogen and oxygen atoms in total. The van der Waals surface area contributed by atoms with Crippen molar-refractivity contribution in [1.29, 1.82) is 0 Å². The molecule has 0 bridgehead atoms. The van der Waals surface area contributed by atoms with Crippen LogP contribution in [-0.2, 0) is 14.8 Å². The minimum Gasteiger partial charge on any atom is -0.396 e. The lowest BCUT2D eigenvalue weighted by molar-refractivity contribution is 0.0799. The molecule has 0 fully saturated rings. The van der Waals surface area contributed by atoms with Crippen molar-refractivity contribution in [3.63, 3.8) is 0 Å². The molecular weight excluding hydrogens is 339 g/mol. The largest absolute Gasteiger partial charge is 0.396 e. The Kier molecular flexibility index (Phi) is 5.72. The summed E-state index contributed by atoms with van der Waals surface area (Å²) in [5.74, 6) is -0.673. The fraction of sp³-hybridized carbons (Fsp3) is 0.455. The van der Waals surface area contributed by atoms with Crippen LogP contribution in [0.25, 0.3) is 0 Å². The van der Waals surface area contributed by atoms with E-state index in [-0.39, 0.29) is 27.7 Å². The molecular formula is C11H16BrFN2O3S. The number of ether oxygens (including phenoxy) is 1. The van der Waals surface area contributed by atoms with Crippen molar-refractivity contribution in [1.82, 2.24) is 4.72 Å². The lowest BCUT2D eigenvalue weighted by Crippen LogP contribution is -2.32. The molecule has 0 radical (unpaired) electrons. The van der Waals surface area contributed by atoms with E-state index in [1.807, 2.05) is 6.92 Å². The van der Waals surface area contributed by atoms with Crippen LogP contribution in [0.15, 0.2) is 21.5 Å². The first-order chi connectivity index (χ1) is 8.77. The molecule has 0 amide bonds. The van der Waals surface area contributed by atoms with Gasteiger partial charge in [0.2, 0.25) is 10.0 Å². The third-order valence-electron chi connectivity index (χ3n) is 2.35. The van der Waals surface area contributed by atoms with E-state index in [4.69, 9.17) is 10.5 Å². The molecule has 0 aromatic heterocycles. The van der Waals surface area contributed by atoms with E-state index in [1.54, 1.807) is 6.92 Å². The predicted molar refractivity (Wildman–Crippen MR) is 74.8 cm³/mol. The van der Waals surface area contributed by atoms with Crippen molar-refractivity contribution in [2.75, 3.05) is 18.9 Å². The van der Waals surface area contributed by atoms with E-state index < -0.39 is 15.8 Å². The number of nitrogens with one attached hydrogen (secondary N) is 1. The highest BCUT2D eigenvalue weighted by Gasteiger charge is 2.20. The Morgan fingerprint density at radius 2 is 2.16 bits per heavy atom. The van der Waals surface area contributed by atoms with Crippen LogP contribution in [-0.4, -0.2) is 27.7 Å². The molecule has 19 heavy (non-hydrogen) atoms. The molecule has 0 saturated heterocycles. The second kappa shape index (κ2) is 6.65. The highest BCUT2D eigenvalue weighted by molar-refractivity contribution is 9.10. The van der Waals surface area contributed by atoms with E-state index in [0.29, 0.717) is 6.61 Å². The van der Waals surface area contributed by atoms with Gasteiger partial charge in [0.05, 0.1) is 16.7 Å². The summed E-state index contributed by atoms with van der Waals surface area (Å²) in [6.45, 7) is 4.19. The second-order valence-corrected chi connectivity index (χ2v) is 6.51. The Balaban J connectivity index is 2.92. The van der Waals surface area contributed by atoms with Crippen LogP contribution in [0, 0.1) is 5.82 Å². The second-order valence-electron chi connectivity index (χ2n) is 3.92. The summed E-state index contributed by atoms with van der Waals surface area (Å²) in [5, 5.41) is 0. The Morgan fingerprint density at radius 1 is 1.53 bits per heavy atom. The quantitative estimate of drug-likeness (QED) is 0.764. The van der Waals surface area contributed by atoms with Gasteiger partial charge in [0, 0.05) is 17.6 Å². The van der Waals surface area contributed by atoms with Gasteiger partial charge in [-0.2, -0.15) is 0 Å². The summed E-state index contributed by atoms with van der Waals surface area (Å²) in [5.41, 5.74) is 5.16. The van der Waals surface area contributed by atoms with Gasteiger partial charge in [-0.3, -0.25) is 0 Å². The van der Waals surface area contributed by atoms with Crippen molar-refractivity contribution < 1.29 is 17.5 Å². The maximum atomic E-state index is 13.2. The number of hydrogen-bond donors (Lipinski definition) is 2. The molecule has 0 heterocycles. The van der Waals surface area contributed by atoms with Crippen LogP contribution >= 0.6 is 15.9 Å². The van der Waals surface area contributed by atoms with Gasteiger partial charge in [-0.05, 0) is 41.9 Å². The van der Waals surface area contributed by atoms with Crippen molar-refractivity contribution in [2.24, 2.45) is 0 Å². The third kappa shape index (κ3) is 4.41. The van der Waals surface area contributed by atoms with Gasteiger partial charge in [0.15, 0.2) is 0 Å². The van der Waals surface area contributed by atoms with Crippen LogP contribution in [0.1, 0.15) is 13.8 Å². The topological polar surface area (TPSA) is 81.4 Å². The number of sulfonamides is 1. The standard InChI is InChI=1S/C11H16BrFN2O3S/c1-3-18-7(2)6-15-19(16,17)11-5-10(14)9(13)4-8(11)12/h4-5,7,15H,3,6,14H2,1-2H3. The summed E-state index contributed by atoms with van der Waals surface area (Å²) in [7, 11) is -3.77. The zero-order valence-electron chi connectivity index (χ0n) is 10.6. The monoisotopic (exact) mass is 354 g/mol. The lowest BCUT2D eigenvalue weighted by Gasteiger charge is -2.14. The summed E-state index contributed by atoms with van der Waals surface area (Å²) in [6, 6.07) is 2.10. The first-order valence-corrected chi connectivity index (χ1v) is 7.91. The van der Waals surface area contributed by atoms with Crippen molar-refractivity contribution >= 4 is 31.6 Å². The number of nitrogens with two attached hydrogens (primary N) is 1. The zero-order chi connectivity index (χ0) is 14.6. The zero-order valence-corrected chi connectivity index (χ0v) is 13.0. The Labute approximate surface area is 120 Å². The minimum absolute atomic E-state index is 0.102. The fourth-order valence-electron chi connectivity index (χ4n) is 1.40. The van der Waals surface area contributed by atoms with Crippen LogP contribution in [0.5, 0.6) is 0 Å². The first kappa shape index (κ1) is 16.4. The maximum absolute atomic E-state index is 13.2. The summed E-state index contributed by atoms with van der Waals surface area (Å²) in [6.07, 6.45) is -0.253. The van der Waals surface area contributed by atoms with Crippen molar-refractivity contribution in [3.05, 3.63) is 22.4 Å². The summed E-state index contributed by atoms with van der Waals surface area (Å²) >= 11 is 3.01. The van der Waals surface area contributed by atoms with E-state index in [2.05, 4.69) is 20.7 Å². The smallest absolute Gasteiger partial charge is 0.241 e. The van der Waals surface area contributed by atoms with Crippen molar-refractivity contribution in [2.45, 2.75) is 24.8 Å². The predicted octanol–water partition coefficient (Wildman–Crippen LogP) is 1.87. The molecule has 0 aliphatic carbocycles. The number of hydrogen-bond acceptors (Lipinski definition) is 4. The molecule has 0 saturated carbocycles. The molecule has 108 valence electrons. The first-order valence-electron chi connectivity index (χ1n) is 5.63. The van der Waals surface area contributed by atoms with E-state index in [9.17, 15) is 12.8 Å². The number of rotatable bonds is 6. The van der Waals surface area contributed by atoms with Gasteiger partial charge in [-0.1, -0.05) is 0 Å². The summed E-state index contributed by atoms with van der Waals surface area (Å²) < 4.78 is 45.0. The fourth-order valence-corrected chi connectivity index (χ4v) is 3.56. The van der Waals surface area contributed by atoms with Gasteiger partial charge >= 0.3 is 0 Å². The molecule has 1 aromatic rings. The van der Waals surface area contributed by atoms with Crippen LogP contribution in [0.2, 0.25) is 0 Å². The van der Waals surface area contributed by atoms with Crippen LogP contribution in [0.4, 0.5) is 10.1 Å². The molecule has 0 spiro atoms. The number of benzene rings is 1. The molecule has 0 aliphatic rings. The number of halogens is 2. The Morgan fingerprint density at radius 3 is 2.74 bits per heavy atom. The van der Waals surface area contributed by atoms with Gasteiger partial charge in [-0.15, -0.1) is 0 Å². The third-order valence-corrected chi connectivity index (χ3v) is 4.73. The SMILES string of the molecule is CCOC(C)CNS(=O)(=O)c1cc(N)c(F)cc1Br. The Bertz CT molecular complexity index is 551. The van der Waals surface area contributed by atoms with Gasteiger partial charge < -0.3 is 10.5 Å². The van der Waals surface area contributed by atoms with E-state index >= 15 is 0 Å². The van der Waals surface area contributed by atoms with E-state index in [0.717, 1.165) is 12.1 Å². The van der Waals surface area contributed by atoms with Gasteiger partial charge in [0.25, 0.3) is 0 Å². The Hall–Kier alpha value is -0.700. The average Bonchev–Trinajstić information content (AvgIpc) is 2.31.